The van der Waals surface area contributed by atoms with Crippen LogP contribution in [0.4, 0.5) is 0 Å². The Morgan fingerprint density at radius 3 is 2.23 bits per heavy atom. The molecular weight excluding hydrogens is 188 g/mol. The predicted molar refractivity (Wildman–Crippen MR) is 51.9 cm³/mol. The van der Waals surface area contributed by atoms with Gasteiger partial charge in [-0.15, -0.1) is 0 Å². The van der Waals surface area contributed by atoms with Crippen LogP contribution in [0.5, 0.6) is 5.75 Å². The standard InChI is InChI=1S/C9H12O3S/c1-7(2)8-3-5-9(6-4-8)12-13(10)11/h3-7H,1-2H3,(H,10,11). The third-order valence-electron chi connectivity index (χ3n) is 1.71. The third-order valence-corrected chi connectivity index (χ3v) is 2.05. The highest BCUT2D eigenvalue weighted by molar-refractivity contribution is 7.74. The van der Waals surface area contributed by atoms with E-state index < -0.39 is 11.4 Å². The van der Waals surface area contributed by atoms with Crippen LogP contribution in [0.15, 0.2) is 24.3 Å². The molecule has 0 heterocycles. The molecule has 1 aromatic carbocycles. The van der Waals surface area contributed by atoms with E-state index in [4.69, 9.17) is 4.55 Å². The van der Waals surface area contributed by atoms with Gasteiger partial charge in [0.1, 0.15) is 5.75 Å². The molecule has 1 unspecified atom stereocenters. The Labute approximate surface area is 80.2 Å². The summed E-state index contributed by atoms with van der Waals surface area (Å²) in [6.45, 7) is 4.17. The number of hydrogen-bond acceptors (Lipinski definition) is 2. The summed E-state index contributed by atoms with van der Waals surface area (Å²) in [7, 11) is 0. The molecule has 0 saturated carbocycles. The lowest BCUT2D eigenvalue weighted by Gasteiger charge is -2.05. The number of hydrogen-bond donors (Lipinski definition) is 1. The summed E-state index contributed by atoms with van der Waals surface area (Å²) in [5.74, 6) is 0.860. The van der Waals surface area contributed by atoms with Gasteiger partial charge in [0, 0.05) is 0 Å². The molecule has 0 spiro atoms. The summed E-state index contributed by atoms with van der Waals surface area (Å²) in [6, 6.07) is 7.13. The summed E-state index contributed by atoms with van der Waals surface area (Å²) in [5, 5.41) is 0. The second-order valence-corrected chi connectivity index (χ2v) is 3.63. The van der Waals surface area contributed by atoms with Gasteiger partial charge < -0.3 is 4.18 Å². The molecule has 4 heteroatoms. The molecule has 0 aromatic heterocycles. The van der Waals surface area contributed by atoms with Crippen LogP contribution in [0.2, 0.25) is 0 Å². The van der Waals surface area contributed by atoms with Crippen molar-refractivity contribution in [2.24, 2.45) is 0 Å². The van der Waals surface area contributed by atoms with Gasteiger partial charge in [0.05, 0.1) is 0 Å². The van der Waals surface area contributed by atoms with E-state index in [0.717, 1.165) is 0 Å². The van der Waals surface area contributed by atoms with E-state index in [9.17, 15) is 4.21 Å². The third kappa shape index (κ3) is 3.16. The second-order valence-electron chi connectivity index (χ2n) is 3.02. The van der Waals surface area contributed by atoms with Crippen LogP contribution in [0.25, 0.3) is 0 Å². The summed E-state index contributed by atoms with van der Waals surface area (Å²) in [4.78, 5) is 0. The smallest absolute Gasteiger partial charge is 0.357 e. The largest absolute Gasteiger partial charge is 0.380 e. The van der Waals surface area contributed by atoms with Gasteiger partial charge in [-0.2, -0.15) is 4.21 Å². The molecule has 0 aliphatic rings. The Balaban J connectivity index is 2.75. The highest BCUT2D eigenvalue weighted by Crippen LogP contribution is 2.18. The fourth-order valence-corrected chi connectivity index (χ4v) is 1.27. The first-order valence-corrected chi connectivity index (χ1v) is 5.02. The quantitative estimate of drug-likeness (QED) is 0.762. The van der Waals surface area contributed by atoms with Crippen molar-refractivity contribution in [1.29, 1.82) is 0 Å². The lowest BCUT2D eigenvalue weighted by atomic mass is 10.0. The van der Waals surface area contributed by atoms with Crippen LogP contribution < -0.4 is 4.18 Å². The summed E-state index contributed by atoms with van der Waals surface area (Å²) < 4.78 is 23.3. The highest BCUT2D eigenvalue weighted by Gasteiger charge is 2.00. The van der Waals surface area contributed by atoms with Gasteiger partial charge in [0.15, 0.2) is 0 Å². The SMILES string of the molecule is CC(C)c1ccc(OS(=O)O)cc1. The van der Waals surface area contributed by atoms with Crippen LogP contribution in [0.1, 0.15) is 25.3 Å². The average Bonchev–Trinajstić information content (AvgIpc) is 2.04. The van der Waals surface area contributed by atoms with Crippen molar-refractivity contribution in [1.82, 2.24) is 0 Å². The maximum absolute atomic E-state index is 10.3. The summed E-state index contributed by atoms with van der Waals surface area (Å²) in [5.41, 5.74) is 1.18. The molecule has 0 saturated heterocycles. The topological polar surface area (TPSA) is 46.5 Å². The molecule has 72 valence electrons. The van der Waals surface area contributed by atoms with E-state index in [1.165, 1.54) is 5.56 Å². The van der Waals surface area contributed by atoms with Gasteiger partial charge >= 0.3 is 11.4 Å². The zero-order chi connectivity index (χ0) is 9.84. The first-order chi connectivity index (χ1) is 6.09. The maximum atomic E-state index is 10.3. The lowest BCUT2D eigenvalue weighted by molar-refractivity contribution is 0.458. The van der Waals surface area contributed by atoms with Crippen LogP contribution in [-0.4, -0.2) is 8.76 Å². The normalized spacial score (nSPS) is 12.9. The summed E-state index contributed by atoms with van der Waals surface area (Å²) in [6.07, 6.45) is 0. The Kier molecular flexibility index (Phi) is 3.45. The Morgan fingerprint density at radius 2 is 1.85 bits per heavy atom. The molecule has 1 atom stereocenters. The van der Waals surface area contributed by atoms with Crippen LogP contribution in [-0.2, 0) is 11.4 Å². The van der Waals surface area contributed by atoms with E-state index in [-0.39, 0.29) is 0 Å². The Morgan fingerprint density at radius 1 is 1.31 bits per heavy atom. The first kappa shape index (κ1) is 10.2. The molecule has 1 N–H and O–H groups in total. The molecule has 13 heavy (non-hydrogen) atoms. The molecular formula is C9H12O3S. The van der Waals surface area contributed by atoms with Gasteiger partial charge in [-0.1, -0.05) is 26.0 Å². The zero-order valence-corrected chi connectivity index (χ0v) is 8.38. The lowest BCUT2D eigenvalue weighted by Crippen LogP contribution is -1.97. The fraction of sp³-hybridized carbons (Fsp3) is 0.333. The second kappa shape index (κ2) is 4.39. The van der Waals surface area contributed by atoms with Crippen molar-refractivity contribution < 1.29 is 12.9 Å². The Bertz CT molecular complexity index is 292. The van der Waals surface area contributed by atoms with Crippen molar-refractivity contribution in [3.63, 3.8) is 0 Å². The van der Waals surface area contributed by atoms with Gasteiger partial charge in [0.2, 0.25) is 0 Å². The van der Waals surface area contributed by atoms with Crippen molar-refractivity contribution >= 4 is 11.4 Å². The van der Waals surface area contributed by atoms with Gasteiger partial charge in [-0.05, 0) is 23.6 Å². The van der Waals surface area contributed by atoms with Crippen LogP contribution in [0, 0.1) is 0 Å². The Hall–Kier alpha value is -0.870. The van der Waals surface area contributed by atoms with E-state index >= 15 is 0 Å². The molecule has 0 fully saturated rings. The monoisotopic (exact) mass is 200 g/mol. The van der Waals surface area contributed by atoms with Crippen molar-refractivity contribution in [3.05, 3.63) is 29.8 Å². The fourth-order valence-electron chi connectivity index (χ4n) is 0.991. The molecule has 0 bridgehead atoms. The zero-order valence-electron chi connectivity index (χ0n) is 7.56. The van der Waals surface area contributed by atoms with Gasteiger partial charge in [-0.3, -0.25) is 4.55 Å². The van der Waals surface area contributed by atoms with Crippen LogP contribution in [0.3, 0.4) is 0 Å². The van der Waals surface area contributed by atoms with Crippen molar-refractivity contribution in [3.8, 4) is 5.75 Å². The number of benzene rings is 1. The highest BCUT2D eigenvalue weighted by atomic mass is 32.2. The van der Waals surface area contributed by atoms with E-state index in [1.54, 1.807) is 12.1 Å². The minimum Gasteiger partial charge on any atom is -0.380 e. The first-order valence-electron chi connectivity index (χ1n) is 3.98. The molecule has 0 radical (unpaired) electrons. The molecule has 0 amide bonds. The number of rotatable bonds is 3. The molecule has 1 aromatic rings. The maximum Gasteiger partial charge on any atom is 0.357 e. The van der Waals surface area contributed by atoms with E-state index in [1.807, 2.05) is 12.1 Å². The molecule has 0 aliphatic carbocycles. The van der Waals surface area contributed by atoms with Gasteiger partial charge in [0.25, 0.3) is 0 Å². The average molecular weight is 200 g/mol. The van der Waals surface area contributed by atoms with Crippen molar-refractivity contribution in [2.75, 3.05) is 0 Å². The minimum absolute atomic E-state index is 0.408. The molecule has 1 rings (SSSR count). The van der Waals surface area contributed by atoms with Gasteiger partial charge in [-0.25, -0.2) is 0 Å². The van der Waals surface area contributed by atoms with E-state index in [2.05, 4.69) is 18.0 Å². The van der Waals surface area contributed by atoms with E-state index in [0.29, 0.717) is 11.7 Å². The molecule has 0 aliphatic heterocycles. The van der Waals surface area contributed by atoms with Crippen molar-refractivity contribution in [2.45, 2.75) is 19.8 Å². The minimum atomic E-state index is -2.23. The summed E-state index contributed by atoms with van der Waals surface area (Å²) >= 11 is -2.23. The predicted octanol–water partition coefficient (Wildman–Crippen LogP) is 2.33. The molecule has 3 nitrogen and oxygen atoms in total. The van der Waals surface area contributed by atoms with Crippen LogP contribution >= 0.6 is 0 Å².